The van der Waals surface area contributed by atoms with Gasteiger partial charge in [-0.1, -0.05) is 23.9 Å². The van der Waals surface area contributed by atoms with E-state index in [4.69, 9.17) is 23.9 Å². The molecule has 0 unspecified atom stereocenters. The summed E-state index contributed by atoms with van der Waals surface area (Å²) < 4.78 is 21.5. The van der Waals surface area contributed by atoms with E-state index in [1.807, 2.05) is 37.3 Å². The number of amidine groups is 1. The average Bonchev–Trinajstić information content (AvgIpc) is 3.22. The van der Waals surface area contributed by atoms with Crippen molar-refractivity contribution >= 4 is 40.1 Å². The molecule has 0 aromatic heterocycles. The van der Waals surface area contributed by atoms with Gasteiger partial charge < -0.3 is 24.3 Å². The first-order valence-corrected chi connectivity index (χ1v) is 13.3. The highest BCUT2D eigenvalue weighted by Gasteiger charge is 2.39. The third-order valence-corrected chi connectivity index (χ3v) is 7.08. The number of carbonyl (C=O) groups excluding carboxylic acids is 2. The molecule has 0 bridgehead atoms. The van der Waals surface area contributed by atoms with E-state index < -0.39 is 5.25 Å². The van der Waals surface area contributed by atoms with Crippen LogP contribution in [0, 0.1) is 0 Å². The van der Waals surface area contributed by atoms with Gasteiger partial charge in [0.2, 0.25) is 11.8 Å². The predicted octanol–water partition coefficient (Wildman–Crippen LogP) is 5.27. The van der Waals surface area contributed by atoms with E-state index in [1.165, 1.54) is 11.8 Å². The Kier molecular flexibility index (Phi) is 9.32. The fraction of sp³-hybridized carbons (Fsp3) is 0.276. The molecule has 204 valence electrons. The lowest BCUT2D eigenvalue weighted by Gasteiger charge is -2.18. The fourth-order valence-electron chi connectivity index (χ4n) is 4.01. The minimum absolute atomic E-state index is 0.00751. The zero-order chi connectivity index (χ0) is 27.8. The number of methoxy groups -OCH3 is 3. The molecule has 1 N–H and O–H groups in total. The summed E-state index contributed by atoms with van der Waals surface area (Å²) in [6, 6.07) is 19.9. The molecule has 1 aliphatic heterocycles. The van der Waals surface area contributed by atoms with Crippen molar-refractivity contribution in [2.45, 2.75) is 25.1 Å². The van der Waals surface area contributed by atoms with Crippen molar-refractivity contribution in [3.63, 3.8) is 0 Å². The average molecular weight is 550 g/mol. The van der Waals surface area contributed by atoms with Gasteiger partial charge in [-0.15, -0.1) is 0 Å². The van der Waals surface area contributed by atoms with Gasteiger partial charge in [-0.25, -0.2) is 4.99 Å². The van der Waals surface area contributed by atoms with Crippen molar-refractivity contribution in [3.05, 3.63) is 72.3 Å². The summed E-state index contributed by atoms with van der Waals surface area (Å²) in [5.74, 6) is 2.06. The Labute approximate surface area is 232 Å². The highest BCUT2D eigenvalue weighted by Crippen LogP contribution is 2.35. The second-order valence-corrected chi connectivity index (χ2v) is 9.70. The van der Waals surface area contributed by atoms with E-state index in [2.05, 4.69) is 5.32 Å². The highest BCUT2D eigenvalue weighted by molar-refractivity contribution is 8.15. The first-order chi connectivity index (χ1) is 18.9. The number of benzene rings is 3. The molecule has 9 nitrogen and oxygen atoms in total. The molecule has 1 fully saturated rings. The molecule has 0 spiro atoms. The van der Waals surface area contributed by atoms with E-state index >= 15 is 0 Å². The molecule has 39 heavy (non-hydrogen) atoms. The van der Waals surface area contributed by atoms with E-state index in [1.54, 1.807) is 62.6 Å². The summed E-state index contributed by atoms with van der Waals surface area (Å²) in [6.45, 7) is 2.68. The van der Waals surface area contributed by atoms with Crippen molar-refractivity contribution in [2.24, 2.45) is 4.99 Å². The standard InChI is InChI=1S/C29H31N3O6S/c1-5-38-23-8-6-7-21(16-23)30-27(33)17-26-28(34)32(18-19-9-14-24(36-3)25(15-19)37-4)29(39-26)31-20-10-12-22(35-2)13-11-20/h6-16,26H,5,17-18H2,1-4H3,(H,30,33)/t26-/m1/s1. The molecular formula is C29H31N3O6S. The quantitative estimate of drug-likeness (QED) is 0.348. The number of anilines is 1. The van der Waals surface area contributed by atoms with Crippen molar-refractivity contribution < 1.29 is 28.5 Å². The third kappa shape index (κ3) is 7.02. The van der Waals surface area contributed by atoms with E-state index in [0.717, 1.165) is 5.56 Å². The van der Waals surface area contributed by atoms with Crippen LogP contribution in [-0.4, -0.2) is 55.1 Å². The van der Waals surface area contributed by atoms with Crippen LogP contribution in [-0.2, 0) is 16.1 Å². The summed E-state index contributed by atoms with van der Waals surface area (Å²) in [7, 11) is 4.73. The van der Waals surface area contributed by atoms with Gasteiger partial charge in [-0.3, -0.25) is 14.5 Å². The zero-order valence-corrected chi connectivity index (χ0v) is 23.1. The Morgan fingerprint density at radius 1 is 0.949 bits per heavy atom. The van der Waals surface area contributed by atoms with E-state index in [0.29, 0.717) is 46.1 Å². The van der Waals surface area contributed by atoms with E-state index in [-0.39, 0.29) is 24.8 Å². The van der Waals surface area contributed by atoms with Crippen LogP contribution in [0.3, 0.4) is 0 Å². The zero-order valence-electron chi connectivity index (χ0n) is 22.3. The summed E-state index contributed by atoms with van der Waals surface area (Å²) >= 11 is 1.27. The van der Waals surface area contributed by atoms with Crippen molar-refractivity contribution in [2.75, 3.05) is 33.3 Å². The van der Waals surface area contributed by atoms with Crippen molar-refractivity contribution in [1.29, 1.82) is 0 Å². The molecule has 3 aromatic carbocycles. The number of ether oxygens (including phenoxy) is 4. The lowest BCUT2D eigenvalue weighted by molar-refractivity contribution is -0.128. The number of nitrogens with zero attached hydrogens (tertiary/aromatic N) is 2. The lowest BCUT2D eigenvalue weighted by atomic mass is 10.1. The highest BCUT2D eigenvalue weighted by atomic mass is 32.2. The van der Waals surface area contributed by atoms with Crippen molar-refractivity contribution in [3.8, 4) is 23.0 Å². The number of hydrogen-bond donors (Lipinski definition) is 1. The minimum Gasteiger partial charge on any atom is -0.497 e. The largest absolute Gasteiger partial charge is 0.497 e. The van der Waals surface area contributed by atoms with Crippen LogP contribution in [0.4, 0.5) is 11.4 Å². The molecule has 4 rings (SSSR count). The number of nitrogens with one attached hydrogen (secondary N) is 1. The fourth-order valence-corrected chi connectivity index (χ4v) is 5.17. The van der Waals surface area contributed by atoms with Gasteiger partial charge in [0.1, 0.15) is 16.7 Å². The number of thioether (sulfide) groups is 1. The van der Waals surface area contributed by atoms with Gasteiger partial charge in [0, 0.05) is 18.2 Å². The third-order valence-electron chi connectivity index (χ3n) is 5.91. The number of amides is 2. The van der Waals surface area contributed by atoms with Crippen LogP contribution < -0.4 is 24.3 Å². The van der Waals surface area contributed by atoms with Crippen LogP contribution in [0.15, 0.2) is 71.7 Å². The van der Waals surface area contributed by atoms with Crippen LogP contribution in [0.25, 0.3) is 0 Å². The molecule has 1 aliphatic rings. The maximum Gasteiger partial charge on any atom is 0.242 e. The molecule has 1 heterocycles. The van der Waals surface area contributed by atoms with Crippen LogP contribution in [0.1, 0.15) is 18.9 Å². The maximum absolute atomic E-state index is 13.6. The van der Waals surface area contributed by atoms with Gasteiger partial charge in [-0.2, -0.15) is 0 Å². The second kappa shape index (κ2) is 13.1. The van der Waals surface area contributed by atoms with E-state index in [9.17, 15) is 9.59 Å². The molecular weight excluding hydrogens is 518 g/mol. The van der Waals surface area contributed by atoms with Gasteiger partial charge in [0.25, 0.3) is 0 Å². The maximum atomic E-state index is 13.6. The SMILES string of the molecule is CCOc1cccc(NC(=O)C[C@H]2SC(=Nc3ccc(OC)cc3)N(Cc3ccc(OC)c(OC)c3)C2=O)c1. The normalized spacial score (nSPS) is 15.8. The van der Waals surface area contributed by atoms with Gasteiger partial charge >= 0.3 is 0 Å². The monoisotopic (exact) mass is 549 g/mol. The molecule has 10 heteroatoms. The molecule has 0 radical (unpaired) electrons. The first-order valence-electron chi connectivity index (χ1n) is 12.4. The number of aliphatic imine (C=N–C) groups is 1. The molecule has 1 atom stereocenters. The summed E-state index contributed by atoms with van der Waals surface area (Å²) in [4.78, 5) is 32.8. The summed E-state index contributed by atoms with van der Waals surface area (Å²) in [5, 5.41) is 2.75. The van der Waals surface area contributed by atoms with Gasteiger partial charge in [-0.05, 0) is 61.0 Å². The number of hydrogen-bond acceptors (Lipinski definition) is 8. The number of rotatable bonds is 11. The summed E-state index contributed by atoms with van der Waals surface area (Å²) in [6.07, 6.45) is -0.00751. The Morgan fingerprint density at radius 3 is 2.41 bits per heavy atom. The minimum atomic E-state index is -0.628. The predicted molar refractivity (Wildman–Crippen MR) is 152 cm³/mol. The lowest BCUT2D eigenvalue weighted by Crippen LogP contribution is -2.33. The Balaban J connectivity index is 1.55. The van der Waals surface area contributed by atoms with Crippen molar-refractivity contribution in [1.82, 2.24) is 4.90 Å². The smallest absolute Gasteiger partial charge is 0.242 e. The van der Waals surface area contributed by atoms with Gasteiger partial charge in [0.05, 0.1) is 40.2 Å². The van der Waals surface area contributed by atoms with Crippen LogP contribution in [0.2, 0.25) is 0 Å². The molecule has 0 saturated carbocycles. The molecule has 0 aliphatic carbocycles. The van der Waals surface area contributed by atoms with Gasteiger partial charge in [0.15, 0.2) is 16.7 Å². The topological polar surface area (TPSA) is 98.7 Å². The summed E-state index contributed by atoms with van der Waals surface area (Å²) in [5.41, 5.74) is 2.11. The second-order valence-electron chi connectivity index (χ2n) is 8.53. The van der Waals surface area contributed by atoms with Crippen LogP contribution in [0.5, 0.6) is 23.0 Å². The molecule has 1 saturated heterocycles. The van der Waals surface area contributed by atoms with Crippen LogP contribution >= 0.6 is 11.8 Å². The molecule has 2 amide bonds. The number of carbonyl (C=O) groups is 2. The Bertz CT molecular complexity index is 1350. The first kappa shape index (κ1) is 27.8. The molecule has 3 aromatic rings. The Morgan fingerprint density at radius 2 is 1.72 bits per heavy atom. The Hall–Kier alpha value is -4.18.